The Balaban J connectivity index is 4.07. The Labute approximate surface area is 120 Å². The van der Waals surface area contributed by atoms with Crippen molar-refractivity contribution in [1.82, 2.24) is 10.2 Å². The number of amides is 2. The second kappa shape index (κ2) is 10.1. The molecule has 0 aromatic rings. The van der Waals surface area contributed by atoms with Crippen LogP contribution in [-0.2, 0) is 9.59 Å². The van der Waals surface area contributed by atoms with E-state index in [1.54, 1.807) is 4.90 Å². The molecule has 0 spiro atoms. The number of hydrogen-bond acceptors (Lipinski definition) is 4. The van der Waals surface area contributed by atoms with E-state index >= 15 is 0 Å². The number of likely N-dealkylation sites (N-methyl/N-ethyl adjacent to an activating group) is 1. The lowest BCUT2D eigenvalue weighted by atomic mass is 10.3. The molecule has 0 saturated carbocycles. The maximum absolute atomic E-state index is 11.9. The van der Waals surface area contributed by atoms with Gasteiger partial charge in [-0.15, -0.1) is 0 Å². The number of carbonyl (C=O) groups excluding carboxylic acids is 2. The first-order chi connectivity index (χ1) is 8.90. The van der Waals surface area contributed by atoms with Gasteiger partial charge in [-0.2, -0.15) is 11.8 Å². The summed E-state index contributed by atoms with van der Waals surface area (Å²) in [6.07, 6.45) is 0.912. The van der Waals surface area contributed by atoms with Crippen LogP contribution >= 0.6 is 11.8 Å². The molecule has 0 fully saturated rings. The highest BCUT2D eigenvalue weighted by Gasteiger charge is 2.16. The van der Waals surface area contributed by atoms with Crippen LogP contribution in [-0.4, -0.2) is 53.4 Å². The van der Waals surface area contributed by atoms with Crippen LogP contribution < -0.4 is 11.1 Å². The predicted molar refractivity (Wildman–Crippen MR) is 81.1 cm³/mol. The summed E-state index contributed by atoms with van der Waals surface area (Å²) in [4.78, 5) is 25.1. The van der Waals surface area contributed by atoms with Gasteiger partial charge < -0.3 is 16.0 Å². The quantitative estimate of drug-likeness (QED) is 0.659. The van der Waals surface area contributed by atoms with E-state index in [0.717, 1.165) is 12.2 Å². The zero-order chi connectivity index (χ0) is 14.8. The van der Waals surface area contributed by atoms with Crippen LogP contribution in [0.25, 0.3) is 0 Å². The minimum atomic E-state index is -0.111. The fraction of sp³-hybridized carbons (Fsp3) is 0.846. The van der Waals surface area contributed by atoms with Crippen molar-refractivity contribution in [3.8, 4) is 0 Å². The monoisotopic (exact) mass is 289 g/mol. The summed E-state index contributed by atoms with van der Waals surface area (Å²) in [6.45, 7) is 8.39. The molecular formula is C13H27N3O2S. The molecule has 0 radical (unpaired) electrons. The molecule has 0 aliphatic heterocycles. The largest absolute Gasteiger partial charge is 0.352 e. The van der Waals surface area contributed by atoms with Crippen LogP contribution in [0.4, 0.5) is 0 Å². The molecule has 19 heavy (non-hydrogen) atoms. The van der Waals surface area contributed by atoms with E-state index in [1.165, 1.54) is 11.8 Å². The summed E-state index contributed by atoms with van der Waals surface area (Å²) in [6, 6.07) is 0.232. The second-order valence-electron chi connectivity index (χ2n) is 4.81. The fourth-order valence-corrected chi connectivity index (χ4v) is 2.44. The number of thioether (sulfide) groups is 1. The number of rotatable bonds is 9. The third kappa shape index (κ3) is 8.88. The van der Waals surface area contributed by atoms with Gasteiger partial charge in [-0.1, -0.05) is 6.92 Å². The molecule has 0 rings (SSSR count). The summed E-state index contributed by atoms with van der Waals surface area (Å²) in [7, 11) is 0. The number of nitrogens with zero attached hydrogens (tertiary/aromatic N) is 1. The number of hydrogen-bond donors (Lipinski definition) is 2. The van der Waals surface area contributed by atoms with E-state index in [4.69, 9.17) is 5.73 Å². The molecule has 0 aliphatic carbocycles. The van der Waals surface area contributed by atoms with Gasteiger partial charge in [-0.3, -0.25) is 9.59 Å². The number of nitrogens with two attached hydrogens (primary N) is 1. The Morgan fingerprint density at radius 2 is 1.95 bits per heavy atom. The summed E-state index contributed by atoms with van der Waals surface area (Å²) in [5.74, 6) is 1.05. The normalized spacial score (nSPS) is 12.3. The Kier molecular flexibility index (Phi) is 9.69. The van der Waals surface area contributed by atoms with Crippen LogP contribution in [0.3, 0.4) is 0 Å². The Morgan fingerprint density at radius 1 is 1.32 bits per heavy atom. The maximum Gasteiger partial charge on any atom is 0.239 e. The molecule has 3 N–H and O–H groups in total. The molecule has 5 nitrogen and oxygen atoms in total. The zero-order valence-corrected chi connectivity index (χ0v) is 13.3. The van der Waals surface area contributed by atoms with Crippen LogP contribution in [0, 0.1) is 0 Å². The Hall–Kier alpha value is -0.750. The molecule has 0 aromatic carbocycles. The molecule has 0 saturated heterocycles. The van der Waals surface area contributed by atoms with Gasteiger partial charge >= 0.3 is 0 Å². The lowest BCUT2D eigenvalue weighted by Crippen LogP contribution is -2.43. The molecule has 1 unspecified atom stereocenters. The first-order valence-corrected chi connectivity index (χ1v) is 7.96. The molecule has 6 heteroatoms. The van der Waals surface area contributed by atoms with Crippen molar-refractivity contribution in [2.45, 2.75) is 46.2 Å². The molecule has 0 aliphatic rings. The topological polar surface area (TPSA) is 75.4 Å². The predicted octanol–water partition coefficient (Wildman–Crippen LogP) is 0.830. The van der Waals surface area contributed by atoms with Crippen LogP contribution in [0.1, 0.15) is 34.1 Å². The van der Waals surface area contributed by atoms with E-state index in [-0.39, 0.29) is 30.4 Å². The van der Waals surface area contributed by atoms with Crippen LogP contribution in [0.2, 0.25) is 0 Å². The molecule has 0 heterocycles. The highest BCUT2D eigenvalue weighted by atomic mass is 32.2. The minimum absolute atomic E-state index is 0.00490. The summed E-state index contributed by atoms with van der Waals surface area (Å²) < 4.78 is 0. The molecule has 2 amide bonds. The van der Waals surface area contributed by atoms with Gasteiger partial charge in [0.15, 0.2) is 0 Å². The van der Waals surface area contributed by atoms with Crippen molar-refractivity contribution in [1.29, 1.82) is 0 Å². The first kappa shape index (κ1) is 18.2. The van der Waals surface area contributed by atoms with Gasteiger partial charge in [0.2, 0.25) is 11.8 Å². The van der Waals surface area contributed by atoms with Gasteiger partial charge in [0.25, 0.3) is 0 Å². The zero-order valence-electron chi connectivity index (χ0n) is 12.4. The lowest BCUT2D eigenvalue weighted by molar-refractivity contribution is -0.134. The number of nitrogens with one attached hydrogen (secondary N) is 1. The Morgan fingerprint density at radius 3 is 2.42 bits per heavy atom. The van der Waals surface area contributed by atoms with Crippen LogP contribution in [0.15, 0.2) is 0 Å². The second-order valence-corrected chi connectivity index (χ2v) is 5.84. The highest BCUT2D eigenvalue weighted by molar-refractivity contribution is 7.99. The van der Waals surface area contributed by atoms with Crippen LogP contribution in [0.5, 0.6) is 0 Å². The fourth-order valence-electron chi connectivity index (χ4n) is 1.42. The van der Waals surface area contributed by atoms with Crippen molar-refractivity contribution in [3.05, 3.63) is 0 Å². The van der Waals surface area contributed by atoms with Crippen molar-refractivity contribution in [2.24, 2.45) is 5.73 Å². The summed E-state index contributed by atoms with van der Waals surface area (Å²) >= 11 is 1.53. The SMILES string of the molecule is CCC(N)CSCC(=O)N(CC)CC(=O)NC(C)C. The van der Waals surface area contributed by atoms with Gasteiger partial charge in [0.1, 0.15) is 0 Å². The van der Waals surface area contributed by atoms with E-state index in [9.17, 15) is 9.59 Å². The van der Waals surface area contributed by atoms with Crippen molar-refractivity contribution in [2.75, 3.05) is 24.6 Å². The molecular weight excluding hydrogens is 262 g/mol. The van der Waals surface area contributed by atoms with E-state index < -0.39 is 0 Å². The molecule has 0 bridgehead atoms. The number of carbonyl (C=O) groups is 2. The molecule has 1 atom stereocenters. The van der Waals surface area contributed by atoms with Gasteiger partial charge in [0.05, 0.1) is 12.3 Å². The lowest BCUT2D eigenvalue weighted by Gasteiger charge is -2.21. The van der Waals surface area contributed by atoms with Crippen molar-refractivity contribution < 1.29 is 9.59 Å². The van der Waals surface area contributed by atoms with Crippen molar-refractivity contribution >= 4 is 23.6 Å². The third-order valence-corrected chi connectivity index (χ3v) is 3.72. The average molecular weight is 289 g/mol. The standard InChI is InChI=1S/C13H27N3O2S/c1-5-11(14)8-19-9-13(18)16(6-2)7-12(17)15-10(3)4/h10-11H,5-9,14H2,1-4H3,(H,15,17). The Bertz CT molecular complexity index is 285. The van der Waals surface area contributed by atoms with E-state index in [2.05, 4.69) is 5.32 Å². The molecule has 0 aromatic heterocycles. The average Bonchev–Trinajstić information content (AvgIpc) is 2.34. The van der Waals surface area contributed by atoms with Gasteiger partial charge in [0, 0.05) is 24.4 Å². The van der Waals surface area contributed by atoms with E-state index in [1.807, 2.05) is 27.7 Å². The smallest absolute Gasteiger partial charge is 0.239 e. The summed E-state index contributed by atoms with van der Waals surface area (Å²) in [5.41, 5.74) is 5.79. The first-order valence-electron chi connectivity index (χ1n) is 6.81. The van der Waals surface area contributed by atoms with Gasteiger partial charge in [-0.05, 0) is 27.2 Å². The van der Waals surface area contributed by atoms with Crippen molar-refractivity contribution in [3.63, 3.8) is 0 Å². The highest BCUT2D eigenvalue weighted by Crippen LogP contribution is 2.06. The molecule has 112 valence electrons. The maximum atomic E-state index is 11.9. The van der Waals surface area contributed by atoms with Gasteiger partial charge in [-0.25, -0.2) is 0 Å². The van der Waals surface area contributed by atoms with E-state index in [0.29, 0.717) is 12.3 Å². The minimum Gasteiger partial charge on any atom is -0.352 e. The summed E-state index contributed by atoms with van der Waals surface area (Å²) in [5, 5.41) is 2.79. The third-order valence-electron chi connectivity index (χ3n) is 2.60.